The van der Waals surface area contributed by atoms with Crippen LogP contribution in [0.1, 0.15) is 93.6 Å². The molecular weight excluding hydrogens is 735 g/mol. The molecule has 310 valence electrons. The number of amides is 4. The lowest BCUT2D eigenvalue weighted by atomic mass is 9.81. The maximum Gasteiger partial charge on any atom is 0.407 e. The van der Waals surface area contributed by atoms with E-state index in [2.05, 4.69) is 50.5 Å². The smallest absolute Gasteiger partial charge is 0.407 e. The van der Waals surface area contributed by atoms with E-state index in [1.807, 2.05) is 70.2 Å². The van der Waals surface area contributed by atoms with Gasteiger partial charge in [0.15, 0.2) is 0 Å². The quantitative estimate of drug-likeness (QED) is 0.0958. The molecule has 3 aromatic carbocycles. The van der Waals surface area contributed by atoms with Crippen LogP contribution in [0.15, 0.2) is 65.5 Å². The molecule has 4 aromatic rings. The number of nitrogens with one attached hydrogen (secondary N) is 6. The standard InChI is InChI=1S/C45H59N7O6/c1-27-23-32(41(54)47-33-16-19-35(20-17-33)52(5)6)15-21-36(27)30-11-7-28(8-12-30)24-39(43(56)48-34-18-22-37-38(25-34)50-51-42(37)55)49-40(53)31-13-9-29(10-14-31)26-46-44(57)58-45(2,3)4/h7-8,11-12,15,18,21-23,25,29,31,33,35,39H,9-10,13-14,16-17,19-20,24,26H2,1-6H3,(H,46,57)(H,47,54)(H,48,56)(H,49,53)(H2,50,51,55). The molecule has 1 unspecified atom stereocenters. The third-order valence-electron chi connectivity index (χ3n) is 11.6. The summed E-state index contributed by atoms with van der Waals surface area (Å²) < 4.78 is 5.36. The Hall–Kier alpha value is -5.43. The molecule has 0 aliphatic heterocycles. The molecule has 0 radical (unpaired) electrons. The van der Waals surface area contributed by atoms with E-state index >= 15 is 0 Å². The number of alkyl carbamates (subject to hydrolysis) is 1. The molecule has 4 amide bonds. The number of hydrogen-bond acceptors (Lipinski definition) is 7. The second-order valence-electron chi connectivity index (χ2n) is 17.4. The van der Waals surface area contributed by atoms with E-state index in [1.165, 1.54) is 0 Å². The lowest BCUT2D eigenvalue weighted by molar-refractivity contribution is -0.130. The predicted molar refractivity (Wildman–Crippen MR) is 227 cm³/mol. The molecule has 2 fully saturated rings. The van der Waals surface area contributed by atoms with Gasteiger partial charge in [0.25, 0.3) is 11.5 Å². The number of hydrogen-bond donors (Lipinski definition) is 6. The summed E-state index contributed by atoms with van der Waals surface area (Å²) in [6.07, 6.45) is 6.75. The van der Waals surface area contributed by atoms with Crippen molar-refractivity contribution in [3.05, 3.63) is 87.7 Å². The molecule has 0 bridgehead atoms. The normalized spacial score (nSPS) is 20.3. The first-order chi connectivity index (χ1) is 27.6. The van der Waals surface area contributed by atoms with Crippen LogP contribution in [-0.4, -0.2) is 83.3 Å². The van der Waals surface area contributed by atoms with Crippen LogP contribution in [0.2, 0.25) is 0 Å². The van der Waals surface area contributed by atoms with Crippen LogP contribution in [-0.2, 0) is 20.7 Å². The number of carbonyl (C=O) groups is 4. The molecule has 2 saturated carbocycles. The Bertz CT molecular complexity index is 2130. The molecule has 1 heterocycles. The summed E-state index contributed by atoms with van der Waals surface area (Å²) >= 11 is 0. The van der Waals surface area contributed by atoms with Crippen LogP contribution in [0, 0.1) is 18.8 Å². The van der Waals surface area contributed by atoms with Crippen LogP contribution >= 0.6 is 0 Å². The Morgan fingerprint density at radius 1 is 0.862 bits per heavy atom. The van der Waals surface area contributed by atoms with E-state index in [4.69, 9.17) is 4.74 Å². The minimum atomic E-state index is -0.872. The van der Waals surface area contributed by atoms with Crippen LogP contribution in [0.5, 0.6) is 0 Å². The maximum absolute atomic E-state index is 13.9. The number of fused-ring (bicyclic) bond motifs is 1. The van der Waals surface area contributed by atoms with E-state index in [-0.39, 0.29) is 47.6 Å². The molecule has 0 spiro atoms. The fraction of sp³-hybridized carbons (Fsp3) is 0.489. The average Bonchev–Trinajstić information content (AvgIpc) is 3.56. The zero-order chi connectivity index (χ0) is 41.6. The Labute approximate surface area is 340 Å². The van der Waals surface area contributed by atoms with E-state index < -0.39 is 17.7 Å². The van der Waals surface area contributed by atoms with Gasteiger partial charge in [-0.3, -0.25) is 29.4 Å². The van der Waals surface area contributed by atoms with Crippen molar-refractivity contribution in [2.24, 2.45) is 11.8 Å². The SMILES string of the molecule is Cc1cc(C(=O)NC2CCC(N(C)C)CC2)ccc1-c1ccc(CC(NC(=O)C2CCC(CNC(=O)OC(C)(C)C)CC2)C(=O)Nc2ccc3c(=O)[nH][nH]c3c2)cc1. The van der Waals surface area contributed by atoms with Gasteiger partial charge in [-0.15, -0.1) is 0 Å². The number of nitrogens with zero attached hydrogens (tertiary/aromatic N) is 1. The minimum absolute atomic E-state index is 0.0470. The molecule has 2 aliphatic rings. The Kier molecular flexibility index (Phi) is 13.4. The Morgan fingerprint density at radius 3 is 2.22 bits per heavy atom. The van der Waals surface area contributed by atoms with Crippen molar-refractivity contribution >= 4 is 40.4 Å². The molecular formula is C45H59N7O6. The fourth-order valence-electron chi connectivity index (χ4n) is 8.20. The lowest BCUT2D eigenvalue weighted by Crippen LogP contribution is -2.48. The summed E-state index contributed by atoms with van der Waals surface area (Å²) in [5.41, 5.74) is 4.70. The van der Waals surface area contributed by atoms with Gasteiger partial charge in [0.05, 0.1) is 10.9 Å². The first kappa shape index (κ1) is 42.2. The van der Waals surface area contributed by atoms with E-state index in [0.29, 0.717) is 47.6 Å². The van der Waals surface area contributed by atoms with E-state index in [1.54, 1.807) is 18.2 Å². The number of aromatic amines is 2. The van der Waals surface area contributed by atoms with Gasteiger partial charge in [-0.25, -0.2) is 4.79 Å². The minimum Gasteiger partial charge on any atom is -0.444 e. The van der Waals surface area contributed by atoms with Crippen molar-refractivity contribution in [2.45, 2.75) is 109 Å². The molecule has 1 aromatic heterocycles. The first-order valence-corrected chi connectivity index (χ1v) is 20.6. The molecule has 13 heteroatoms. The second kappa shape index (κ2) is 18.4. The van der Waals surface area contributed by atoms with Crippen molar-refractivity contribution in [3.8, 4) is 11.1 Å². The monoisotopic (exact) mass is 793 g/mol. The third kappa shape index (κ3) is 11.1. The van der Waals surface area contributed by atoms with Gasteiger partial charge in [0.1, 0.15) is 11.6 Å². The molecule has 58 heavy (non-hydrogen) atoms. The highest BCUT2D eigenvalue weighted by Crippen LogP contribution is 2.30. The number of anilines is 1. The van der Waals surface area contributed by atoms with E-state index in [9.17, 15) is 24.0 Å². The molecule has 1 atom stereocenters. The highest BCUT2D eigenvalue weighted by Gasteiger charge is 2.31. The number of aromatic nitrogens is 2. The summed E-state index contributed by atoms with van der Waals surface area (Å²) in [5, 5.41) is 17.9. The first-order valence-electron chi connectivity index (χ1n) is 20.6. The van der Waals surface area contributed by atoms with Crippen molar-refractivity contribution in [3.63, 3.8) is 0 Å². The van der Waals surface area contributed by atoms with Gasteiger partial charge >= 0.3 is 6.09 Å². The molecule has 0 saturated heterocycles. The van der Waals surface area contributed by atoms with Crippen molar-refractivity contribution in [1.29, 1.82) is 0 Å². The molecule has 6 rings (SSSR count). The second-order valence-corrected chi connectivity index (χ2v) is 17.4. The van der Waals surface area contributed by atoms with Gasteiger partial charge in [-0.05, 0) is 152 Å². The Balaban J connectivity index is 1.09. The van der Waals surface area contributed by atoms with Crippen LogP contribution in [0.25, 0.3) is 22.0 Å². The van der Waals surface area contributed by atoms with Gasteiger partial charge in [-0.1, -0.05) is 30.3 Å². The molecule has 6 N–H and O–H groups in total. The van der Waals surface area contributed by atoms with Gasteiger partial charge in [0, 0.05) is 42.2 Å². The number of carbonyl (C=O) groups excluding carboxylic acids is 4. The van der Waals surface area contributed by atoms with Crippen molar-refractivity contribution in [2.75, 3.05) is 26.0 Å². The van der Waals surface area contributed by atoms with Gasteiger partial charge in [0.2, 0.25) is 11.8 Å². The average molecular weight is 794 g/mol. The number of rotatable bonds is 12. The lowest BCUT2D eigenvalue weighted by Gasteiger charge is -2.33. The highest BCUT2D eigenvalue weighted by molar-refractivity contribution is 5.99. The summed E-state index contributed by atoms with van der Waals surface area (Å²) in [6.45, 7) is 7.96. The summed E-state index contributed by atoms with van der Waals surface area (Å²) in [7, 11) is 4.23. The molecule has 2 aliphatic carbocycles. The predicted octanol–water partition coefficient (Wildman–Crippen LogP) is 6.43. The van der Waals surface area contributed by atoms with Crippen molar-refractivity contribution < 1.29 is 23.9 Å². The largest absolute Gasteiger partial charge is 0.444 e. The molecule has 13 nitrogen and oxygen atoms in total. The third-order valence-corrected chi connectivity index (χ3v) is 11.6. The fourth-order valence-corrected chi connectivity index (χ4v) is 8.20. The number of H-pyrrole nitrogens is 2. The van der Waals surface area contributed by atoms with E-state index in [0.717, 1.165) is 60.8 Å². The highest BCUT2D eigenvalue weighted by atomic mass is 16.6. The van der Waals surface area contributed by atoms with Crippen LogP contribution < -0.4 is 26.8 Å². The maximum atomic E-state index is 13.9. The zero-order valence-corrected chi connectivity index (χ0v) is 34.6. The summed E-state index contributed by atoms with van der Waals surface area (Å²) in [5.74, 6) is -0.627. The van der Waals surface area contributed by atoms with Gasteiger partial charge in [-0.2, -0.15) is 0 Å². The Morgan fingerprint density at radius 2 is 1.57 bits per heavy atom. The van der Waals surface area contributed by atoms with Gasteiger partial charge < -0.3 is 30.9 Å². The number of ether oxygens (including phenoxy) is 1. The number of aryl methyl sites for hydroxylation is 1. The number of benzene rings is 3. The van der Waals surface area contributed by atoms with Crippen LogP contribution in [0.3, 0.4) is 0 Å². The van der Waals surface area contributed by atoms with Crippen molar-refractivity contribution in [1.82, 2.24) is 31.0 Å². The summed E-state index contributed by atoms with van der Waals surface area (Å²) in [6, 6.07) is 18.6. The van der Waals surface area contributed by atoms with Crippen LogP contribution in [0.4, 0.5) is 10.5 Å². The summed E-state index contributed by atoms with van der Waals surface area (Å²) in [4.78, 5) is 67.2. The topological polar surface area (TPSA) is 178 Å². The zero-order valence-electron chi connectivity index (χ0n) is 34.6.